The SMILES string of the molecule is O=CN(CCO)CC(F)F. The van der Waals surface area contributed by atoms with Gasteiger partial charge in [0.1, 0.15) is 0 Å². The van der Waals surface area contributed by atoms with E-state index in [0.29, 0.717) is 6.41 Å². The van der Waals surface area contributed by atoms with E-state index in [1.54, 1.807) is 0 Å². The maximum absolute atomic E-state index is 11.5. The molecule has 0 radical (unpaired) electrons. The zero-order valence-corrected chi connectivity index (χ0v) is 5.33. The second-order valence-corrected chi connectivity index (χ2v) is 1.72. The number of hydrogen-bond donors (Lipinski definition) is 1. The largest absolute Gasteiger partial charge is 0.395 e. The number of carbonyl (C=O) groups excluding carboxylic acids is 1. The summed E-state index contributed by atoms with van der Waals surface area (Å²) in [4.78, 5) is 10.7. The predicted octanol–water partition coefficient (Wildman–Crippen LogP) is -0.298. The highest BCUT2D eigenvalue weighted by Crippen LogP contribution is 1.94. The molecule has 0 spiro atoms. The maximum Gasteiger partial charge on any atom is 0.255 e. The number of halogens is 2. The average Bonchev–Trinajstić information content (AvgIpc) is 1.86. The molecule has 3 nitrogen and oxygen atoms in total. The smallest absolute Gasteiger partial charge is 0.255 e. The summed E-state index contributed by atoms with van der Waals surface area (Å²) in [5.74, 6) is 0. The van der Waals surface area contributed by atoms with Crippen LogP contribution in [0.5, 0.6) is 0 Å². The fourth-order valence-electron chi connectivity index (χ4n) is 0.493. The lowest BCUT2D eigenvalue weighted by Crippen LogP contribution is -2.30. The predicted molar refractivity (Wildman–Crippen MR) is 30.7 cm³/mol. The first-order valence-electron chi connectivity index (χ1n) is 2.79. The van der Waals surface area contributed by atoms with Gasteiger partial charge in [0.2, 0.25) is 6.41 Å². The van der Waals surface area contributed by atoms with E-state index in [9.17, 15) is 13.6 Å². The molecular weight excluding hydrogens is 144 g/mol. The molecule has 0 heterocycles. The third-order valence-electron chi connectivity index (χ3n) is 0.909. The first-order chi connectivity index (χ1) is 4.70. The van der Waals surface area contributed by atoms with Gasteiger partial charge >= 0.3 is 0 Å². The van der Waals surface area contributed by atoms with Crippen molar-refractivity contribution in [3.63, 3.8) is 0 Å². The van der Waals surface area contributed by atoms with E-state index < -0.39 is 13.0 Å². The highest BCUT2D eigenvalue weighted by molar-refractivity contribution is 5.46. The fraction of sp³-hybridized carbons (Fsp3) is 0.800. The van der Waals surface area contributed by atoms with Crippen LogP contribution in [-0.2, 0) is 4.79 Å². The second-order valence-electron chi connectivity index (χ2n) is 1.72. The Labute approximate surface area is 57.2 Å². The normalized spacial score (nSPS) is 10.0. The molecule has 5 heteroatoms. The van der Waals surface area contributed by atoms with Crippen LogP contribution in [0, 0.1) is 0 Å². The Balaban J connectivity index is 3.49. The Morgan fingerprint density at radius 3 is 2.50 bits per heavy atom. The number of aliphatic hydroxyl groups excluding tert-OH is 1. The van der Waals surface area contributed by atoms with Gasteiger partial charge in [-0.05, 0) is 0 Å². The summed E-state index contributed by atoms with van der Waals surface area (Å²) in [6, 6.07) is 0. The monoisotopic (exact) mass is 153 g/mol. The summed E-state index contributed by atoms with van der Waals surface area (Å²) in [6.45, 7) is -0.927. The van der Waals surface area contributed by atoms with Crippen LogP contribution in [-0.4, -0.2) is 42.5 Å². The topological polar surface area (TPSA) is 40.5 Å². The van der Waals surface area contributed by atoms with E-state index in [1.807, 2.05) is 0 Å². The van der Waals surface area contributed by atoms with Gasteiger partial charge in [-0.3, -0.25) is 4.79 Å². The van der Waals surface area contributed by atoms with Gasteiger partial charge in [0.05, 0.1) is 13.2 Å². The van der Waals surface area contributed by atoms with Gasteiger partial charge < -0.3 is 10.0 Å². The zero-order valence-electron chi connectivity index (χ0n) is 5.33. The number of hydrogen-bond acceptors (Lipinski definition) is 2. The van der Waals surface area contributed by atoms with Gasteiger partial charge in [-0.15, -0.1) is 0 Å². The highest BCUT2D eigenvalue weighted by atomic mass is 19.3. The van der Waals surface area contributed by atoms with E-state index in [4.69, 9.17) is 5.11 Å². The standard InChI is InChI=1S/C5H9F2NO2/c6-5(7)3-8(4-10)1-2-9/h4-5,9H,1-3H2. The van der Waals surface area contributed by atoms with Crippen LogP contribution in [0.15, 0.2) is 0 Å². The van der Waals surface area contributed by atoms with Crippen LogP contribution in [0.3, 0.4) is 0 Å². The number of rotatable bonds is 5. The molecule has 0 aliphatic carbocycles. The van der Waals surface area contributed by atoms with E-state index >= 15 is 0 Å². The minimum atomic E-state index is -2.53. The molecular formula is C5H9F2NO2. The van der Waals surface area contributed by atoms with Crippen LogP contribution in [0.1, 0.15) is 0 Å². The van der Waals surface area contributed by atoms with Crippen molar-refractivity contribution in [3.05, 3.63) is 0 Å². The number of aliphatic hydroxyl groups is 1. The minimum Gasteiger partial charge on any atom is -0.395 e. The molecule has 0 aromatic carbocycles. The Kier molecular flexibility index (Phi) is 4.74. The van der Waals surface area contributed by atoms with E-state index in [1.165, 1.54) is 0 Å². The molecule has 0 aliphatic heterocycles. The van der Waals surface area contributed by atoms with Gasteiger partial charge in [0.15, 0.2) is 0 Å². The van der Waals surface area contributed by atoms with E-state index in [-0.39, 0.29) is 13.2 Å². The summed E-state index contributed by atoms with van der Waals surface area (Å²) in [5, 5.41) is 8.24. The molecule has 0 fully saturated rings. The molecule has 0 rings (SSSR count). The van der Waals surface area contributed by atoms with Gasteiger partial charge in [0.25, 0.3) is 6.43 Å². The van der Waals surface area contributed by atoms with Gasteiger partial charge in [-0.25, -0.2) is 8.78 Å². The molecule has 0 unspecified atom stereocenters. The molecule has 10 heavy (non-hydrogen) atoms. The molecule has 0 aromatic rings. The van der Waals surface area contributed by atoms with Crippen LogP contribution < -0.4 is 0 Å². The Morgan fingerprint density at radius 1 is 1.60 bits per heavy atom. The van der Waals surface area contributed by atoms with Crippen molar-refractivity contribution in [1.29, 1.82) is 0 Å². The quantitative estimate of drug-likeness (QED) is 0.551. The molecule has 1 N–H and O–H groups in total. The van der Waals surface area contributed by atoms with E-state index in [2.05, 4.69) is 0 Å². The minimum absolute atomic E-state index is 0.0339. The summed E-state index contributed by atoms with van der Waals surface area (Å²) in [6.07, 6.45) is -2.24. The van der Waals surface area contributed by atoms with E-state index in [0.717, 1.165) is 4.90 Å². The molecule has 0 aromatic heterocycles. The molecule has 60 valence electrons. The third-order valence-corrected chi connectivity index (χ3v) is 0.909. The number of nitrogens with zero attached hydrogens (tertiary/aromatic N) is 1. The first-order valence-corrected chi connectivity index (χ1v) is 2.79. The van der Waals surface area contributed by atoms with Crippen LogP contribution in [0.4, 0.5) is 8.78 Å². The maximum atomic E-state index is 11.5. The number of alkyl halides is 2. The molecule has 0 aliphatic rings. The van der Waals surface area contributed by atoms with Crippen LogP contribution in [0.2, 0.25) is 0 Å². The second kappa shape index (κ2) is 5.10. The van der Waals surface area contributed by atoms with Crippen molar-refractivity contribution in [2.45, 2.75) is 6.43 Å². The van der Waals surface area contributed by atoms with Crippen molar-refractivity contribution in [1.82, 2.24) is 4.90 Å². The van der Waals surface area contributed by atoms with Crippen molar-refractivity contribution in [3.8, 4) is 0 Å². The third kappa shape index (κ3) is 4.20. The summed E-state index contributed by atoms with van der Waals surface area (Å²) in [7, 11) is 0. The lowest BCUT2D eigenvalue weighted by molar-refractivity contribution is -0.120. The molecule has 0 atom stereocenters. The number of amides is 1. The fourth-order valence-corrected chi connectivity index (χ4v) is 0.493. The summed E-state index contributed by atoms with van der Waals surface area (Å²) < 4.78 is 23.0. The Bertz CT molecular complexity index is 99.6. The van der Waals surface area contributed by atoms with Gasteiger partial charge in [0, 0.05) is 6.54 Å². The molecule has 1 amide bonds. The zero-order chi connectivity index (χ0) is 7.98. The van der Waals surface area contributed by atoms with Crippen molar-refractivity contribution in [2.75, 3.05) is 19.7 Å². The Hall–Kier alpha value is -0.710. The van der Waals surface area contributed by atoms with Gasteiger partial charge in [-0.1, -0.05) is 0 Å². The van der Waals surface area contributed by atoms with Crippen molar-refractivity contribution in [2.24, 2.45) is 0 Å². The summed E-state index contributed by atoms with van der Waals surface area (Å²) in [5.41, 5.74) is 0. The highest BCUT2D eigenvalue weighted by Gasteiger charge is 2.07. The van der Waals surface area contributed by atoms with Crippen molar-refractivity contribution < 1.29 is 18.7 Å². The van der Waals surface area contributed by atoms with Crippen LogP contribution >= 0.6 is 0 Å². The lowest BCUT2D eigenvalue weighted by atomic mass is 10.5. The Morgan fingerprint density at radius 2 is 2.20 bits per heavy atom. The molecule has 0 bridgehead atoms. The first kappa shape index (κ1) is 9.29. The average molecular weight is 153 g/mol. The van der Waals surface area contributed by atoms with Crippen LogP contribution in [0.25, 0.3) is 0 Å². The molecule has 0 saturated carbocycles. The van der Waals surface area contributed by atoms with Gasteiger partial charge in [-0.2, -0.15) is 0 Å². The summed E-state index contributed by atoms with van der Waals surface area (Å²) >= 11 is 0. The number of carbonyl (C=O) groups is 1. The lowest BCUT2D eigenvalue weighted by Gasteiger charge is -2.13. The molecule has 0 saturated heterocycles. The van der Waals surface area contributed by atoms with Crippen molar-refractivity contribution >= 4 is 6.41 Å².